The molecule has 0 unspecified atom stereocenters. The molecule has 9 heteroatoms. The zero-order valence-corrected chi connectivity index (χ0v) is 16.6. The lowest BCUT2D eigenvalue weighted by molar-refractivity contribution is -0.122. The largest absolute Gasteiger partial charge is 0.454 e. The fraction of sp³-hybridized carbons (Fsp3) is 0.150. The van der Waals surface area contributed by atoms with Crippen molar-refractivity contribution in [2.24, 2.45) is 0 Å². The second kappa shape index (κ2) is 8.18. The fourth-order valence-corrected chi connectivity index (χ4v) is 3.82. The molecule has 2 aromatic carbocycles. The number of fused-ring (bicyclic) bond motifs is 1. The lowest BCUT2D eigenvalue weighted by atomic mass is 10.2. The number of hydrogen-bond acceptors (Lipinski definition) is 6. The normalized spacial score (nSPS) is 16.6. The van der Waals surface area contributed by atoms with E-state index in [-0.39, 0.29) is 31.0 Å². The van der Waals surface area contributed by atoms with E-state index >= 15 is 0 Å². The standard InChI is InChI=1S/C20H15ClN2O5S/c21-14-4-2-13(3-5-14)18(24)22-7-8-23-19(25)17(29-20(23)26)10-12-1-6-15-16(9-12)28-11-27-15/h1-6,9-10H,7-8,11H2,(H,22,24)/b17-10+. The predicted octanol–water partition coefficient (Wildman–Crippen LogP) is 3.54. The van der Waals surface area contributed by atoms with Crippen molar-refractivity contribution >= 4 is 46.5 Å². The fourth-order valence-electron chi connectivity index (χ4n) is 2.83. The minimum absolute atomic E-state index is 0.0858. The minimum Gasteiger partial charge on any atom is -0.454 e. The maximum absolute atomic E-state index is 12.6. The van der Waals surface area contributed by atoms with E-state index in [2.05, 4.69) is 5.32 Å². The monoisotopic (exact) mass is 430 g/mol. The summed E-state index contributed by atoms with van der Waals surface area (Å²) in [7, 11) is 0. The molecule has 1 N–H and O–H groups in total. The van der Waals surface area contributed by atoms with E-state index in [0.717, 1.165) is 22.2 Å². The van der Waals surface area contributed by atoms with Gasteiger partial charge in [0.15, 0.2) is 11.5 Å². The van der Waals surface area contributed by atoms with Gasteiger partial charge in [-0.15, -0.1) is 0 Å². The molecule has 29 heavy (non-hydrogen) atoms. The number of nitrogens with one attached hydrogen (secondary N) is 1. The van der Waals surface area contributed by atoms with Crippen LogP contribution in [0, 0.1) is 0 Å². The van der Waals surface area contributed by atoms with E-state index in [1.165, 1.54) is 0 Å². The summed E-state index contributed by atoms with van der Waals surface area (Å²) in [5.74, 6) is 0.553. The Balaban J connectivity index is 1.37. The molecule has 3 amide bonds. The van der Waals surface area contributed by atoms with Crippen molar-refractivity contribution in [2.75, 3.05) is 19.9 Å². The number of ether oxygens (including phenoxy) is 2. The molecule has 0 aromatic heterocycles. The lowest BCUT2D eigenvalue weighted by Gasteiger charge is -2.13. The predicted molar refractivity (Wildman–Crippen MR) is 109 cm³/mol. The number of rotatable bonds is 5. The molecule has 0 radical (unpaired) electrons. The first-order chi connectivity index (χ1) is 14.0. The SMILES string of the molecule is O=C(NCCN1C(=O)S/C(=C/c2ccc3c(c2)OCO3)C1=O)c1ccc(Cl)cc1. The Morgan fingerprint density at radius 2 is 1.90 bits per heavy atom. The van der Waals surface area contributed by atoms with Crippen LogP contribution in [0.15, 0.2) is 47.4 Å². The number of carbonyl (C=O) groups is 3. The molecule has 2 aliphatic rings. The van der Waals surface area contributed by atoms with Crippen molar-refractivity contribution in [1.82, 2.24) is 10.2 Å². The van der Waals surface area contributed by atoms with Gasteiger partial charge in [-0.25, -0.2) is 0 Å². The number of imide groups is 1. The van der Waals surface area contributed by atoms with Crippen LogP contribution in [-0.4, -0.2) is 41.8 Å². The van der Waals surface area contributed by atoms with E-state index in [1.807, 2.05) is 0 Å². The Hall–Kier alpha value is -2.97. The molecular weight excluding hydrogens is 416 g/mol. The van der Waals surface area contributed by atoms with Gasteiger partial charge in [0.2, 0.25) is 6.79 Å². The van der Waals surface area contributed by atoms with Gasteiger partial charge in [0.1, 0.15) is 0 Å². The van der Waals surface area contributed by atoms with Crippen molar-refractivity contribution in [1.29, 1.82) is 0 Å². The third-order valence-electron chi connectivity index (χ3n) is 4.30. The number of benzene rings is 2. The number of halogens is 1. The van der Waals surface area contributed by atoms with Gasteiger partial charge < -0.3 is 14.8 Å². The zero-order chi connectivity index (χ0) is 20.4. The van der Waals surface area contributed by atoms with Crippen LogP contribution in [0.5, 0.6) is 11.5 Å². The molecule has 148 valence electrons. The lowest BCUT2D eigenvalue weighted by Crippen LogP contribution is -2.37. The Kier molecular flexibility index (Phi) is 5.46. The van der Waals surface area contributed by atoms with Crippen LogP contribution in [-0.2, 0) is 4.79 Å². The molecule has 0 spiro atoms. The molecular formula is C20H15ClN2O5S. The Morgan fingerprint density at radius 3 is 2.69 bits per heavy atom. The first-order valence-corrected chi connectivity index (χ1v) is 9.89. The number of nitrogens with zero attached hydrogens (tertiary/aromatic N) is 1. The highest BCUT2D eigenvalue weighted by Gasteiger charge is 2.34. The molecule has 2 heterocycles. The molecule has 1 fully saturated rings. The molecule has 0 aliphatic carbocycles. The quantitative estimate of drug-likeness (QED) is 0.730. The van der Waals surface area contributed by atoms with Gasteiger partial charge in [-0.1, -0.05) is 17.7 Å². The van der Waals surface area contributed by atoms with Crippen molar-refractivity contribution in [3.8, 4) is 11.5 Å². The number of thioether (sulfide) groups is 1. The van der Waals surface area contributed by atoms with E-state index in [0.29, 0.717) is 27.0 Å². The summed E-state index contributed by atoms with van der Waals surface area (Å²) in [6, 6.07) is 11.7. The average molecular weight is 431 g/mol. The van der Waals surface area contributed by atoms with Crippen LogP contribution in [0.3, 0.4) is 0 Å². The van der Waals surface area contributed by atoms with Crippen LogP contribution in [0.1, 0.15) is 15.9 Å². The van der Waals surface area contributed by atoms with E-state index in [4.69, 9.17) is 21.1 Å². The number of amides is 3. The van der Waals surface area contributed by atoms with Crippen molar-refractivity contribution in [3.63, 3.8) is 0 Å². The highest BCUT2D eigenvalue weighted by Crippen LogP contribution is 2.36. The Labute approximate surface area is 175 Å². The second-order valence-corrected chi connectivity index (χ2v) is 7.64. The number of hydrogen-bond donors (Lipinski definition) is 1. The van der Waals surface area contributed by atoms with Crippen LogP contribution >= 0.6 is 23.4 Å². The Bertz CT molecular complexity index is 1020. The van der Waals surface area contributed by atoms with Gasteiger partial charge in [-0.2, -0.15) is 0 Å². The summed E-state index contributed by atoms with van der Waals surface area (Å²) in [5, 5.41) is 2.86. The molecule has 0 bridgehead atoms. The third-order valence-corrected chi connectivity index (χ3v) is 5.45. The second-order valence-electron chi connectivity index (χ2n) is 6.21. The van der Waals surface area contributed by atoms with Crippen LogP contribution in [0.2, 0.25) is 5.02 Å². The summed E-state index contributed by atoms with van der Waals surface area (Å²) < 4.78 is 10.6. The molecule has 2 aromatic rings. The molecule has 2 aliphatic heterocycles. The van der Waals surface area contributed by atoms with Crippen LogP contribution < -0.4 is 14.8 Å². The maximum atomic E-state index is 12.6. The van der Waals surface area contributed by atoms with Crippen molar-refractivity contribution < 1.29 is 23.9 Å². The highest BCUT2D eigenvalue weighted by molar-refractivity contribution is 8.18. The van der Waals surface area contributed by atoms with Gasteiger partial charge in [0.25, 0.3) is 17.1 Å². The molecule has 4 rings (SSSR count). The van der Waals surface area contributed by atoms with Crippen molar-refractivity contribution in [3.05, 3.63) is 63.5 Å². The topological polar surface area (TPSA) is 84.9 Å². The van der Waals surface area contributed by atoms with E-state index < -0.39 is 5.91 Å². The van der Waals surface area contributed by atoms with Gasteiger partial charge in [-0.3, -0.25) is 19.3 Å². The maximum Gasteiger partial charge on any atom is 0.293 e. The van der Waals surface area contributed by atoms with Crippen LogP contribution in [0.25, 0.3) is 6.08 Å². The third kappa shape index (κ3) is 4.23. The molecule has 7 nitrogen and oxygen atoms in total. The summed E-state index contributed by atoms with van der Waals surface area (Å²) in [4.78, 5) is 38.3. The minimum atomic E-state index is -0.390. The van der Waals surface area contributed by atoms with Gasteiger partial charge in [0.05, 0.1) is 4.91 Å². The summed E-state index contributed by atoms with van der Waals surface area (Å²) >= 11 is 6.67. The number of carbonyl (C=O) groups excluding carboxylic acids is 3. The zero-order valence-electron chi connectivity index (χ0n) is 15.0. The van der Waals surface area contributed by atoms with E-state index in [9.17, 15) is 14.4 Å². The smallest absolute Gasteiger partial charge is 0.293 e. The summed E-state index contributed by atoms with van der Waals surface area (Å²) in [6.07, 6.45) is 1.64. The van der Waals surface area contributed by atoms with Crippen LogP contribution in [0.4, 0.5) is 4.79 Å². The van der Waals surface area contributed by atoms with E-state index in [1.54, 1.807) is 48.5 Å². The van der Waals surface area contributed by atoms with Gasteiger partial charge in [-0.05, 0) is 59.8 Å². The first-order valence-electron chi connectivity index (χ1n) is 8.70. The molecule has 0 saturated carbocycles. The molecule has 0 atom stereocenters. The average Bonchev–Trinajstić information content (AvgIpc) is 3.27. The summed E-state index contributed by atoms with van der Waals surface area (Å²) in [6.45, 7) is 0.399. The van der Waals surface area contributed by atoms with Gasteiger partial charge in [0, 0.05) is 23.7 Å². The Morgan fingerprint density at radius 1 is 1.14 bits per heavy atom. The van der Waals surface area contributed by atoms with Gasteiger partial charge >= 0.3 is 0 Å². The molecule has 1 saturated heterocycles. The van der Waals surface area contributed by atoms with Crippen molar-refractivity contribution in [2.45, 2.75) is 0 Å². The first kappa shape index (κ1) is 19.4. The highest BCUT2D eigenvalue weighted by atomic mass is 35.5. The summed E-state index contributed by atoms with van der Waals surface area (Å²) in [5.41, 5.74) is 1.18.